The highest BCUT2D eigenvalue weighted by molar-refractivity contribution is 5.43. The average molecular weight is 279 g/mol. The van der Waals surface area contributed by atoms with Gasteiger partial charge in [0.15, 0.2) is 11.5 Å². The monoisotopic (exact) mass is 279 g/mol. The van der Waals surface area contributed by atoms with Crippen LogP contribution < -0.4 is 14.8 Å². The summed E-state index contributed by atoms with van der Waals surface area (Å²) in [6.45, 7) is 9.37. The summed E-state index contributed by atoms with van der Waals surface area (Å²) in [5.41, 5.74) is 1.22. The molecule has 0 aliphatic rings. The molecule has 0 aromatic heterocycles. The fourth-order valence-corrected chi connectivity index (χ4v) is 2.08. The van der Waals surface area contributed by atoms with Gasteiger partial charge in [0.2, 0.25) is 0 Å². The van der Waals surface area contributed by atoms with Gasteiger partial charge in [0.05, 0.1) is 13.2 Å². The van der Waals surface area contributed by atoms with Crippen molar-refractivity contribution in [3.05, 3.63) is 23.8 Å². The largest absolute Gasteiger partial charge is 0.493 e. The van der Waals surface area contributed by atoms with E-state index in [1.165, 1.54) is 24.8 Å². The van der Waals surface area contributed by atoms with Gasteiger partial charge in [-0.1, -0.05) is 25.8 Å². The lowest BCUT2D eigenvalue weighted by atomic mass is 10.1. The van der Waals surface area contributed by atoms with Crippen LogP contribution in [0.15, 0.2) is 18.2 Å². The molecule has 1 atom stereocenters. The van der Waals surface area contributed by atoms with Crippen LogP contribution in [0.2, 0.25) is 0 Å². The quantitative estimate of drug-likeness (QED) is 0.736. The molecule has 0 saturated carbocycles. The van der Waals surface area contributed by atoms with Crippen LogP contribution in [0.4, 0.5) is 0 Å². The molecule has 1 aromatic carbocycles. The topological polar surface area (TPSA) is 30.5 Å². The summed E-state index contributed by atoms with van der Waals surface area (Å²) in [5, 5.41) is 3.55. The number of nitrogens with one attached hydrogen (secondary N) is 1. The molecule has 1 aromatic rings. The van der Waals surface area contributed by atoms with Gasteiger partial charge < -0.3 is 14.8 Å². The van der Waals surface area contributed by atoms with E-state index < -0.39 is 0 Å². The molecular weight excluding hydrogens is 250 g/mol. The summed E-state index contributed by atoms with van der Waals surface area (Å²) in [7, 11) is 1.68. The SMILES string of the molecule is CCCCC(C)NCc1ccc(OC(C)C)c(OC)c1. The summed E-state index contributed by atoms with van der Waals surface area (Å²) in [4.78, 5) is 0. The van der Waals surface area contributed by atoms with E-state index in [-0.39, 0.29) is 6.10 Å². The molecule has 0 aliphatic carbocycles. The van der Waals surface area contributed by atoms with Crippen molar-refractivity contribution in [3.63, 3.8) is 0 Å². The highest BCUT2D eigenvalue weighted by atomic mass is 16.5. The molecule has 0 spiro atoms. The van der Waals surface area contributed by atoms with E-state index in [0.29, 0.717) is 6.04 Å². The standard InChI is InChI=1S/C17H29NO2/c1-6-7-8-14(4)18-12-15-9-10-16(20-13(2)3)17(11-15)19-5/h9-11,13-14,18H,6-8,12H2,1-5H3. The van der Waals surface area contributed by atoms with Crippen LogP contribution in [0, 0.1) is 0 Å². The predicted molar refractivity (Wildman–Crippen MR) is 84.6 cm³/mol. The Bertz CT molecular complexity index is 391. The van der Waals surface area contributed by atoms with Crippen molar-refractivity contribution < 1.29 is 9.47 Å². The summed E-state index contributed by atoms with van der Waals surface area (Å²) in [5.74, 6) is 1.62. The third kappa shape index (κ3) is 5.83. The molecule has 3 nitrogen and oxygen atoms in total. The Kier molecular flexibility index (Phi) is 7.45. The van der Waals surface area contributed by atoms with Crippen LogP contribution in [-0.4, -0.2) is 19.3 Å². The van der Waals surface area contributed by atoms with Crippen LogP contribution in [0.5, 0.6) is 11.5 Å². The van der Waals surface area contributed by atoms with Crippen LogP contribution in [0.3, 0.4) is 0 Å². The summed E-state index contributed by atoms with van der Waals surface area (Å²) in [6, 6.07) is 6.69. The second kappa shape index (κ2) is 8.85. The van der Waals surface area contributed by atoms with Crippen LogP contribution in [0.25, 0.3) is 0 Å². The van der Waals surface area contributed by atoms with Gasteiger partial charge in [-0.3, -0.25) is 0 Å². The first-order chi connectivity index (χ1) is 9.56. The molecule has 1 N–H and O–H groups in total. The Balaban J connectivity index is 2.59. The van der Waals surface area contributed by atoms with Gasteiger partial charge >= 0.3 is 0 Å². The van der Waals surface area contributed by atoms with Gasteiger partial charge in [0, 0.05) is 12.6 Å². The van der Waals surface area contributed by atoms with E-state index in [2.05, 4.69) is 31.3 Å². The number of benzene rings is 1. The summed E-state index contributed by atoms with van der Waals surface area (Å²) in [6.07, 6.45) is 3.91. The maximum atomic E-state index is 5.72. The van der Waals surface area contributed by atoms with E-state index >= 15 is 0 Å². The van der Waals surface area contributed by atoms with Gasteiger partial charge in [-0.25, -0.2) is 0 Å². The molecule has 0 amide bonds. The van der Waals surface area contributed by atoms with Crippen molar-refractivity contribution in [2.75, 3.05) is 7.11 Å². The zero-order valence-corrected chi connectivity index (χ0v) is 13.5. The molecule has 114 valence electrons. The first-order valence-corrected chi connectivity index (χ1v) is 7.63. The third-order valence-corrected chi connectivity index (χ3v) is 3.24. The van der Waals surface area contributed by atoms with E-state index in [1.54, 1.807) is 7.11 Å². The minimum Gasteiger partial charge on any atom is -0.493 e. The van der Waals surface area contributed by atoms with E-state index in [4.69, 9.17) is 9.47 Å². The summed E-state index contributed by atoms with van der Waals surface area (Å²) < 4.78 is 11.1. The molecule has 20 heavy (non-hydrogen) atoms. The highest BCUT2D eigenvalue weighted by Crippen LogP contribution is 2.28. The highest BCUT2D eigenvalue weighted by Gasteiger charge is 2.08. The number of ether oxygens (including phenoxy) is 2. The van der Waals surface area contributed by atoms with E-state index in [9.17, 15) is 0 Å². The Hall–Kier alpha value is -1.22. The fourth-order valence-electron chi connectivity index (χ4n) is 2.08. The minimum absolute atomic E-state index is 0.155. The first kappa shape index (κ1) is 16.8. The lowest BCUT2D eigenvalue weighted by Gasteiger charge is -2.16. The van der Waals surface area contributed by atoms with E-state index in [1.807, 2.05) is 19.9 Å². The minimum atomic E-state index is 0.155. The molecular formula is C17H29NO2. The molecule has 1 rings (SSSR count). The second-order valence-corrected chi connectivity index (χ2v) is 5.58. The molecule has 0 radical (unpaired) electrons. The molecule has 0 bridgehead atoms. The number of hydrogen-bond acceptors (Lipinski definition) is 3. The molecule has 3 heteroatoms. The van der Waals surface area contributed by atoms with E-state index in [0.717, 1.165) is 18.0 Å². The fraction of sp³-hybridized carbons (Fsp3) is 0.647. The van der Waals surface area contributed by atoms with Crippen molar-refractivity contribution >= 4 is 0 Å². The number of unbranched alkanes of at least 4 members (excludes halogenated alkanes) is 1. The maximum absolute atomic E-state index is 5.72. The average Bonchev–Trinajstić information content (AvgIpc) is 2.43. The van der Waals surface area contributed by atoms with Gasteiger partial charge in [-0.15, -0.1) is 0 Å². The predicted octanol–water partition coefficient (Wildman–Crippen LogP) is 4.15. The molecule has 0 heterocycles. The zero-order chi connectivity index (χ0) is 15.0. The Morgan fingerprint density at radius 2 is 1.90 bits per heavy atom. The van der Waals surface area contributed by atoms with Crippen LogP contribution >= 0.6 is 0 Å². The Labute approximate surface area is 123 Å². The Morgan fingerprint density at radius 1 is 1.15 bits per heavy atom. The van der Waals surface area contributed by atoms with Gasteiger partial charge in [0.25, 0.3) is 0 Å². The maximum Gasteiger partial charge on any atom is 0.161 e. The lowest BCUT2D eigenvalue weighted by molar-refractivity contribution is 0.230. The van der Waals surface area contributed by atoms with Crippen molar-refractivity contribution in [2.45, 2.75) is 65.6 Å². The van der Waals surface area contributed by atoms with Crippen molar-refractivity contribution in [2.24, 2.45) is 0 Å². The van der Waals surface area contributed by atoms with Crippen LogP contribution in [0.1, 0.15) is 52.5 Å². The molecule has 0 fully saturated rings. The van der Waals surface area contributed by atoms with Crippen molar-refractivity contribution in [1.29, 1.82) is 0 Å². The second-order valence-electron chi connectivity index (χ2n) is 5.58. The van der Waals surface area contributed by atoms with Gasteiger partial charge in [-0.05, 0) is 44.9 Å². The Morgan fingerprint density at radius 3 is 2.50 bits per heavy atom. The zero-order valence-electron chi connectivity index (χ0n) is 13.5. The van der Waals surface area contributed by atoms with Crippen molar-refractivity contribution in [3.8, 4) is 11.5 Å². The van der Waals surface area contributed by atoms with Crippen molar-refractivity contribution in [1.82, 2.24) is 5.32 Å². The normalized spacial score (nSPS) is 12.5. The molecule has 1 unspecified atom stereocenters. The molecule has 0 saturated heterocycles. The third-order valence-electron chi connectivity index (χ3n) is 3.24. The van der Waals surface area contributed by atoms with Gasteiger partial charge in [-0.2, -0.15) is 0 Å². The number of methoxy groups -OCH3 is 1. The number of rotatable bonds is 9. The lowest BCUT2D eigenvalue weighted by Crippen LogP contribution is -2.25. The summed E-state index contributed by atoms with van der Waals surface area (Å²) >= 11 is 0. The smallest absolute Gasteiger partial charge is 0.161 e. The number of hydrogen-bond donors (Lipinski definition) is 1. The first-order valence-electron chi connectivity index (χ1n) is 7.63. The van der Waals surface area contributed by atoms with Gasteiger partial charge in [0.1, 0.15) is 0 Å². The molecule has 0 aliphatic heterocycles. The van der Waals surface area contributed by atoms with Crippen LogP contribution in [-0.2, 0) is 6.54 Å².